The van der Waals surface area contributed by atoms with Gasteiger partial charge in [-0.3, -0.25) is 0 Å². The second kappa shape index (κ2) is 5.09. The van der Waals surface area contributed by atoms with E-state index in [1.165, 1.54) is 18.4 Å². The Kier molecular flexibility index (Phi) is 3.72. The zero-order chi connectivity index (χ0) is 12.3. The molecule has 2 rings (SSSR count). The number of rotatable bonds is 5. The summed E-state index contributed by atoms with van der Waals surface area (Å²) in [6.07, 6.45) is 6.23. The van der Waals surface area contributed by atoms with Crippen LogP contribution < -0.4 is 4.74 Å². The van der Waals surface area contributed by atoms with E-state index in [1.807, 2.05) is 12.1 Å². The predicted molar refractivity (Wildman–Crippen MR) is 69.4 cm³/mol. The first-order chi connectivity index (χ1) is 8.19. The van der Waals surface area contributed by atoms with E-state index in [0.717, 1.165) is 37.0 Å². The number of methoxy groups -OCH3 is 1. The lowest BCUT2D eigenvalue weighted by molar-refractivity contribution is 0.0268. The van der Waals surface area contributed by atoms with Crippen molar-refractivity contribution in [2.45, 2.75) is 51.0 Å². The number of unbranched alkanes of at least 4 members (excludes halogenated alkanes) is 2. The van der Waals surface area contributed by atoms with Gasteiger partial charge in [0.1, 0.15) is 5.75 Å². The van der Waals surface area contributed by atoms with Crippen LogP contribution in [0.2, 0.25) is 0 Å². The molecule has 0 spiro atoms. The zero-order valence-electron chi connectivity index (χ0n) is 10.8. The van der Waals surface area contributed by atoms with E-state index >= 15 is 0 Å². The lowest BCUT2D eigenvalue weighted by Gasteiger charge is -2.24. The van der Waals surface area contributed by atoms with Gasteiger partial charge in [-0.05, 0) is 42.5 Å². The van der Waals surface area contributed by atoms with Crippen LogP contribution in [0.1, 0.15) is 50.2 Å². The maximum atomic E-state index is 10.7. The van der Waals surface area contributed by atoms with Crippen LogP contribution in [0.15, 0.2) is 18.2 Å². The summed E-state index contributed by atoms with van der Waals surface area (Å²) in [5, 5.41) is 10.7. The van der Waals surface area contributed by atoms with E-state index in [0.29, 0.717) is 0 Å². The molecule has 1 aromatic carbocycles. The van der Waals surface area contributed by atoms with Gasteiger partial charge < -0.3 is 9.84 Å². The molecule has 0 aliphatic heterocycles. The molecule has 0 saturated heterocycles. The number of fused-ring (bicyclic) bond motifs is 1. The summed E-state index contributed by atoms with van der Waals surface area (Å²) in [5.74, 6) is 0.890. The van der Waals surface area contributed by atoms with Gasteiger partial charge in [0.25, 0.3) is 0 Å². The smallest absolute Gasteiger partial charge is 0.119 e. The molecule has 0 radical (unpaired) electrons. The van der Waals surface area contributed by atoms with E-state index < -0.39 is 5.60 Å². The fourth-order valence-corrected chi connectivity index (χ4v) is 2.76. The van der Waals surface area contributed by atoms with Crippen molar-refractivity contribution in [2.75, 3.05) is 7.11 Å². The second-order valence-corrected chi connectivity index (χ2v) is 5.01. The molecule has 0 saturated carbocycles. The van der Waals surface area contributed by atoms with Crippen LogP contribution in [0.5, 0.6) is 5.75 Å². The standard InChI is InChI=1S/C15H22O2/c1-3-4-5-9-15(16)10-8-12-11-13(17-2)6-7-14(12)15/h6-7,11,16H,3-5,8-10H2,1-2H3/t15-/m1/s1. The monoisotopic (exact) mass is 234 g/mol. The van der Waals surface area contributed by atoms with Crippen LogP contribution in [0.25, 0.3) is 0 Å². The van der Waals surface area contributed by atoms with Gasteiger partial charge in [0.2, 0.25) is 0 Å². The minimum absolute atomic E-state index is 0.587. The molecule has 1 aromatic rings. The molecule has 0 heterocycles. The Morgan fingerprint density at radius 2 is 2.18 bits per heavy atom. The molecule has 0 amide bonds. The van der Waals surface area contributed by atoms with Gasteiger partial charge in [0.15, 0.2) is 0 Å². The summed E-state index contributed by atoms with van der Waals surface area (Å²) >= 11 is 0. The van der Waals surface area contributed by atoms with Crippen molar-refractivity contribution in [3.8, 4) is 5.75 Å². The van der Waals surface area contributed by atoms with Crippen molar-refractivity contribution < 1.29 is 9.84 Å². The summed E-state index contributed by atoms with van der Waals surface area (Å²) in [6, 6.07) is 6.05. The fourth-order valence-electron chi connectivity index (χ4n) is 2.76. The number of aryl methyl sites for hydroxylation is 1. The highest BCUT2D eigenvalue weighted by Gasteiger charge is 2.35. The Hall–Kier alpha value is -1.02. The quantitative estimate of drug-likeness (QED) is 0.791. The molecule has 17 heavy (non-hydrogen) atoms. The highest BCUT2D eigenvalue weighted by atomic mass is 16.5. The van der Waals surface area contributed by atoms with E-state index in [1.54, 1.807) is 7.11 Å². The third kappa shape index (κ3) is 2.47. The molecule has 0 bridgehead atoms. The van der Waals surface area contributed by atoms with Gasteiger partial charge in [-0.1, -0.05) is 32.3 Å². The molecule has 2 heteroatoms. The first-order valence-corrected chi connectivity index (χ1v) is 6.59. The van der Waals surface area contributed by atoms with Crippen molar-refractivity contribution in [2.24, 2.45) is 0 Å². The number of hydrogen-bond donors (Lipinski definition) is 1. The highest BCUT2D eigenvalue weighted by molar-refractivity contribution is 5.42. The maximum Gasteiger partial charge on any atom is 0.119 e. The molecule has 1 aliphatic carbocycles. The van der Waals surface area contributed by atoms with Crippen molar-refractivity contribution in [1.82, 2.24) is 0 Å². The fraction of sp³-hybridized carbons (Fsp3) is 0.600. The summed E-state index contributed by atoms with van der Waals surface area (Å²) in [7, 11) is 1.68. The minimum atomic E-state index is -0.587. The highest BCUT2D eigenvalue weighted by Crippen LogP contribution is 2.41. The molecular formula is C15H22O2. The lowest BCUT2D eigenvalue weighted by Crippen LogP contribution is -2.21. The molecule has 0 unspecified atom stereocenters. The Morgan fingerprint density at radius 1 is 1.35 bits per heavy atom. The normalized spacial score (nSPS) is 22.5. The average Bonchev–Trinajstić information content (AvgIpc) is 2.67. The van der Waals surface area contributed by atoms with Crippen molar-refractivity contribution in [3.05, 3.63) is 29.3 Å². The van der Waals surface area contributed by atoms with E-state index in [4.69, 9.17) is 4.74 Å². The summed E-state index contributed by atoms with van der Waals surface area (Å²) in [6.45, 7) is 2.19. The largest absolute Gasteiger partial charge is 0.497 e. The summed E-state index contributed by atoms with van der Waals surface area (Å²) in [5.41, 5.74) is 1.79. The van der Waals surface area contributed by atoms with E-state index in [2.05, 4.69) is 13.0 Å². The lowest BCUT2D eigenvalue weighted by atomic mass is 9.90. The predicted octanol–water partition coefficient (Wildman–Crippen LogP) is 3.41. The average molecular weight is 234 g/mol. The van der Waals surface area contributed by atoms with Gasteiger partial charge in [-0.15, -0.1) is 0 Å². The SMILES string of the molecule is CCCCC[C@@]1(O)CCc2cc(OC)ccc21. The Morgan fingerprint density at radius 3 is 2.88 bits per heavy atom. The van der Waals surface area contributed by atoms with Gasteiger partial charge in [0.05, 0.1) is 12.7 Å². The number of hydrogen-bond acceptors (Lipinski definition) is 2. The van der Waals surface area contributed by atoms with Crippen molar-refractivity contribution in [3.63, 3.8) is 0 Å². The molecule has 2 nitrogen and oxygen atoms in total. The van der Waals surface area contributed by atoms with Gasteiger partial charge in [0, 0.05) is 0 Å². The molecule has 1 N–H and O–H groups in total. The van der Waals surface area contributed by atoms with E-state index in [9.17, 15) is 5.11 Å². The summed E-state index contributed by atoms with van der Waals surface area (Å²) < 4.78 is 5.22. The number of ether oxygens (including phenoxy) is 1. The Labute approximate surface area is 104 Å². The Balaban J connectivity index is 2.15. The molecule has 1 aliphatic rings. The van der Waals surface area contributed by atoms with Crippen molar-refractivity contribution >= 4 is 0 Å². The molecule has 0 aromatic heterocycles. The molecular weight excluding hydrogens is 212 g/mol. The maximum absolute atomic E-state index is 10.7. The molecule has 1 atom stereocenters. The third-order valence-electron chi connectivity index (χ3n) is 3.82. The first kappa shape index (κ1) is 12.4. The van der Waals surface area contributed by atoms with Crippen LogP contribution >= 0.6 is 0 Å². The van der Waals surface area contributed by atoms with Crippen LogP contribution in [0, 0.1) is 0 Å². The van der Waals surface area contributed by atoms with Crippen LogP contribution in [-0.2, 0) is 12.0 Å². The van der Waals surface area contributed by atoms with Gasteiger partial charge >= 0.3 is 0 Å². The van der Waals surface area contributed by atoms with Crippen LogP contribution in [0.3, 0.4) is 0 Å². The Bertz CT molecular complexity index is 387. The topological polar surface area (TPSA) is 29.5 Å². The first-order valence-electron chi connectivity index (χ1n) is 6.59. The van der Waals surface area contributed by atoms with Crippen LogP contribution in [-0.4, -0.2) is 12.2 Å². The van der Waals surface area contributed by atoms with Crippen molar-refractivity contribution in [1.29, 1.82) is 0 Å². The third-order valence-corrected chi connectivity index (χ3v) is 3.82. The number of benzene rings is 1. The van der Waals surface area contributed by atoms with E-state index in [-0.39, 0.29) is 0 Å². The summed E-state index contributed by atoms with van der Waals surface area (Å²) in [4.78, 5) is 0. The molecule has 0 fully saturated rings. The molecule has 94 valence electrons. The van der Waals surface area contributed by atoms with Gasteiger partial charge in [-0.2, -0.15) is 0 Å². The van der Waals surface area contributed by atoms with Gasteiger partial charge in [-0.25, -0.2) is 0 Å². The van der Waals surface area contributed by atoms with Crippen LogP contribution in [0.4, 0.5) is 0 Å². The second-order valence-electron chi connectivity index (χ2n) is 5.01. The minimum Gasteiger partial charge on any atom is -0.497 e. The zero-order valence-corrected chi connectivity index (χ0v) is 10.8. The number of aliphatic hydroxyl groups is 1.